The number of hydrogen-bond acceptors (Lipinski definition) is 6. The average Bonchev–Trinajstić information content (AvgIpc) is 2.83. The molecule has 0 saturated carbocycles. The molecule has 3 aromatic carbocycles. The van der Waals surface area contributed by atoms with Gasteiger partial charge in [0, 0.05) is 16.7 Å². The van der Waals surface area contributed by atoms with Crippen LogP contribution in [0.25, 0.3) is 0 Å². The molecule has 34 heavy (non-hydrogen) atoms. The summed E-state index contributed by atoms with van der Waals surface area (Å²) in [6, 6.07) is 21.6. The number of carbonyl (C=O) groups is 1. The summed E-state index contributed by atoms with van der Waals surface area (Å²) in [5.41, 5.74) is 8.75. The minimum atomic E-state index is -0.430. The topological polar surface area (TPSA) is 94.6 Å². The highest BCUT2D eigenvalue weighted by molar-refractivity contribution is 6.30. The molecule has 1 aliphatic rings. The Morgan fingerprint density at radius 3 is 2.50 bits per heavy atom. The van der Waals surface area contributed by atoms with Crippen LogP contribution >= 0.6 is 11.6 Å². The van der Waals surface area contributed by atoms with E-state index in [9.17, 15) is 10.1 Å². The Kier molecular flexibility index (Phi) is 6.86. The van der Waals surface area contributed by atoms with Crippen molar-refractivity contribution >= 4 is 17.6 Å². The number of allylic oxidation sites excluding steroid dienone is 1. The van der Waals surface area contributed by atoms with E-state index in [1.165, 1.54) is 0 Å². The van der Waals surface area contributed by atoms with Crippen molar-refractivity contribution in [1.82, 2.24) is 0 Å². The first-order valence-corrected chi connectivity index (χ1v) is 10.9. The van der Waals surface area contributed by atoms with Gasteiger partial charge in [0.25, 0.3) is 0 Å². The van der Waals surface area contributed by atoms with Crippen LogP contribution in [0.3, 0.4) is 0 Å². The van der Waals surface area contributed by atoms with Crippen LogP contribution in [0.1, 0.15) is 22.6 Å². The Balaban J connectivity index is 1.58. The minimum Gasteiger partial charge on any atom is -0.490 e. The van der Waals surface area contributed by atoms with E-state index in [1.807, 2.05) is 24.3 Å². The van der Waals surface area contributed by atoms with Gasteiger partial charge >= 0.3 is 5.97 Å². The van der Waals surface area contributed by atoms with Crippen LogP contribution in [-0.2, 0) is 11.2 Å². The lowest BCUT2D eigenvalue weighted by molar-refractivity contribution is -0.133. The summed E-state index contributed by atoms with van der Waals surface area (Å²) in [6.45, 7) is 4.04. The lowest BCUT2D eigenvalue weighted by Crippen LogP contribution is -2.21. The molecule has 0 radical (unpaired) electrons. The second-order valence-corrected chi connectivity index (χ2v) is 8.01. The number of benzene rings is 3. The highest BCUT2D eigenvalue weighted by Gasteiger charge is 2.31. The van der Waals surface area contributed by atoms with Crippen molar-refractivity contribution in [2.45, 2.75) is 12.3 Å². The van der Waals surface area contributed by atoms with E-state index in [1.54, 1.807) is 48.5 Å². The zero-order valence-corrected chi connectivity index (χ0v) is 18.9. The van der Waals surface area contributed by atoms with E-state index >= 15 is 0 Å². The van der Waals surface area contributed by atoms with Crippen LogP contribution in [0, 0.1) is 11.3 Å². The van der Waals surface area contributed by atoms with E-state index in [0.29, 0.717) is 34.5 Å². The molecule has 0 amide bonds. The predicted molar refractivity (Wildman–Crippen MR) is 129 cm³/mol. The summed E-state index contributed by atoms with van der Waals surface area (Å²) < 4.78 is 16.8. The largest absolute Gasteiger partial charge is 0.490 e. The number of nitrogens with zero attached hydrogens (tertiary/aromatic N) is 1. The number of ether oxygens (including phenoxy) is 3. The molecule has 7 heteroatoms. The van der Waals surface area contributed by atoms with Gasteiger partial charge in [-0.05, 0) is 41.5 Å². The third-order valence-electron chi connectivity index (χ3n) is 5.27. The number of rotatable bonds is 7. The number of hydrogen-bond donors (Lipinski definition) is 1. The van der Waals surface area contributed by atoms with Crippen LogP contribution < -0.4 is 19.9 Å². The SMILES string of the molecule is C=CCOc1ccc(C2C(C#N)=C(N)Oc3cc(OC(=O)Cc4ccc(Cl)cc4)ccc32)cc1. The van der Waals surface area contributed by atoms with Gasteiger partial charge in [0.2, 0.25) is 5.88 Å². The summed E-state index contributed by atoms with van der Waals surface area (Å²) >= 11 is 5.89. The Labute approximate surface area is 202 Å². The molecule has 0 bridgehead atoms. The fourth-order valence-corrected chi connectivity index (χ4v) is 3.82. The van der Waals surface area contributed by atoms with Gasteiger partial charge in [0.15, 0.2) is 0 Å². The smallest absolute Gasteiger partial charge is 0.315 e. The van der Waals surface area contributed by atoms with E-state index in [4.69, 9.17) is 31.5 Å². The molecule has 0 spiro atoms. The van der Waals surface area contributed by atoms with Crippen LogP contribution in [0.4, 0.5) is 0 Å². The lowest BCUT2D eigenvalue weighted by Gasteiger charge is -2.26. The van der Waals surface area contributed by atoms with Crippen LogP contribution in [0.5, 0.6) is 17.2 Å². The standard InChI is InChI=1S/C27H21ClN2O4/c1-2-13-32-20-9-5-18(6-10-20)26-22-12-11-21(15-24(22)34-27(30)23(26)16-29)33-25(31)14-17-3-7-19(28)8-4-17/h2-12,15,26H,1,13-14,30H2. The number of fused-ring (bicyclic) bond motifs is 1. The molecule has 2 N–H and O–H groups in total. The van der Waals surface area contributed by atoms with Crippen LogP contribution in [0.15, 0.2) is 90.8 Å². The number of carbonyl (C=O) groups excluding carboxylic acids is 1. The average molecular weight is 473 g/mol. The van der Waals surface area contributed by atoms with Gasteiger partial charge in [-0.1, -0.05) is 54.6 Å². The van der Waals surface area contributed by atoms with Gasteiger partial charge in [-0.15, -0.1) is 0 Å². The number of esters is 1. The summed E-state index contributed by atoms with van der Waals surface area (Å²) in [7, 11) is 0. The van der Waals surface area contributed by atoms with Gasteiger partial charge in [0.05, 0.1) is 12.3 Å². The molecule has 0 saturated heterocycles. The molecule has 3 aromatic rings. The van der Waals surface area contributed by atoms with Crippen LogP contribution in [0.2, 0.25) is 5.02 Å². The van der Waals surface area contributed by atoms with Gasteiger partial charge in [-0.25, -0.2) is 0 Å². The van der Waals surface area contributed by atoms with Crippen molar-refractivity contribution in [2.24, 2.45) is 5.73 Å². The minimum absolute atomic E-state index is 0.0108. The summed E-state index contributed by atoms with van der Waals surface area (Å²) in [5, 5.41) is 10.3. The van der Waals surface area contributed by atoms with Crippen molar-refractivity contribution in [3.63, 3.8) is 0 Å². The van der Waals surface area contributed by atoms with Crippen molar-refractivity contribution in [2.75, 3.05) is 6.61 Å². The molecular formula is C27H21ClN2O4. The Hall–Kier alpha value is -4.21. The molecule has 1 unspecified atom stereocenters. The number of nitriles is 1. The molecule has 6 nitrogen and oxygen atoms in total. The van der Waals surface area contributed by atoms with Gasteiger partial charge in [-0.2, -0.15) is 5.26 Å². The zero-order chi connectivity index (χ0) is 24.1. The number of nitrogens with two attached hydrogens (primary N) is 1. The van der Waals surface area contributed by atoms with Gasteiger partial charge in [0.1, 0.15) is 35.5 Å². The highest BCUT2D eigenvalue weighted by atomic mass is 35.5. The van der Waals surface area contributed by atoms with Gasteiger partial charge in [-0.3, -0.25) is 4.79 Å². The molecule has 0 aliphatic carbocycles. The van der Waals surface area contributed by atoms with E-state index in [0.717, 1.165) is 16.7 Å². The van der Waals surface area contributed by atoms with Crippen LogP contribution in [-0.4, -0.2) is 12.6 Å². The molecule has 1 atom stereocenters. The van der Waals surface area contributed by atoms with Crippen molar-refractivity contribution in [3.05, 3.63) is 113 Å². The lowest BCUT2D eigenvalue weighted by atomic mass is 9.83. The van der Waals surface area contributed by atoms with Gasteiger partial charge < -0.3 is 19.9 Å². The summed E-state index contributed by atoms with van der Waals surface area (Å²) in [4.78, 5) is 12.4. The first-order valence-electron chi connectivity index (χ1n) is 10.5. The monoisotopic (exact) mass is 472 g/mol. The molecule has 0 fully saturated rings. The van der Waals surface area contributed by atoms with Crippen molar-refractivity contribution < 1.29 is 19.0 Å². The quantitative estimate of drug-likeness (QED) is 0.286. The second kappa shape index (κ2) is 10.2. The second-order valence-electron chi connectivity index (χ2n) is 7.57. The summed E-state index contributed by atoms with van der Waals surface area (Å²) in [5.74, 6) is 0.584. The van der Waals surface area contributed by atoms with E-state index in [2.05, 4.69) is 12.6 Å². The third-order valence-corrected chi connectivity index (χ3v) is 5.52. The first-order chi connectivity index (χ1) is 16.5. The van der Waals surface area contributed by atoms with Crippen molar-refractivity contribution in [3.8, 4) is 23.3 Å². The maximum absolute atomic E-state index is 12.4. The molecule has 1 heterocycles. The fourth-order valence-electron chi connectivity index (χ4n) is 3.69. The van der Waals surface area contributed by atoms with Crippen molar-refractivity contribution in [1.29, 1.82) is 5.26 Å². The predicted octanol–water partition coefficient (Wildman–Crippen LogP) is 5.27. The first kappa shape index (κ1) is 23.0. The molecule has 1 aliphatic heterocycles. The maximum Gasteiger partial charge on any atom is 0.315 e. The number of halogens is 1. The molecule has 0 aromatic heterocycles. The fraction of sp³-hybridized carbons (Fsp3) is 0.111. The third kappa shape index (κ3) is 5.06. The van der Waals surface area contributed by atoms with E-state index < -0.39 is 11.9 Å². The van der Waals surface area contributed by atoms with E-state index in [-0.39, 0.29) is 12.3 Å². The maximum atomic E-state index is 12.4. The Morgan fingerprint density at radius 1 is 1.12 bits per heavy atom. The molecular weight excluding hydrogens is 452 g/mol. The molecule has 4 rings (SSSR count). The molecule has 170 valence electrons. The normalized spacial score (nSPS) is 14.4. The zero-order valence-electron chi connectivity index (χ0n) is 18.2. The Bertz CT molecular complexity index is 1290. The summed E-state index contributed by atoms with van der Waals surface area (Å²) in [6.07, 6.45) is 1.76. The highest BCUT2D eigenvalue weighted by Crippen LogP contribution is 2.43. The Morgan fingerprint density at radius 2 is 1.82 bits per heavy atom.